The molecule has 2 heterocycles. The zero-order valence-corrected chi connectivity index (χ0v) is 33.5. The van der Waals surface area contributed by atoms with Gasteiger partial charge in [-0.3, -0.25) is 0 Å². The third-order valence-corrected chi connectivity index (χ3v) is 18.8. The first-order valence-electron chi connectivity index (χ1n) is 20.1. The molecule has 272 valence electrons. The maximum absolute atomic E-state index is 2.90. The molecule has 0 unspecified atom stereocenters. The molecule has 11 aromatic rings. The lowest BCUT2D eigenvalue weighted by Crippen LogP contribution is -2.74. The Balaban J connectivity index is 1.11. The lowest BCUT2D eigenvalue weighted by molar-refractivity contribution is 1.02. The van der Waals surface area contributed by atoms with Gasteiger partial charge in [0.2, 0.25) is 0 Å². The van der Waals surface area contributed by atoms with Crippen molar-refractivity contribution >= 4 is 82.1 Å². The van der Waals surface area contributed by atoms with E-state index in [9.17, 15) is 0 Å². The number of hydrogen-bond donors (Lipinski definition) is 0. The number of aromatic nitrogens is 1. The first-order chi connectivity index (χ1) is 28.8. The van der Waals surface area contributed by atoms with Crippen LogP contribution in [0.15, 0.2) is 218 Å². The van der Waals surface area contributed by atoms with E-state index in [1.54, 1.807) is 0 Å². The van der Waals surface area contributed by atoms with Gasteiger partial charge in [-0.1, -0.05) is 182 Å². The molecule has 2 aromatic heterocycles. The molecule has 1 aliphatic rings. The summed E-state index contributed by atoms with van der Waals surface area (Å²) in [5, 5.41) is 10.8. The molecule has 0 saturated heterocycles. The highest BCUT2D eigenvalue weighted by Gasteiger charge is 2.43. The van der Waals surface area contributed by atoms with Gasteiger partial charge < -0.3 is 4.57 Å². The van der Waals surface area contributed by atoms with Crippen molar-refractivity contribution in [3.05, 3.63) is 235 Å². The normalized spacial score (nSPS) is 12.8. The molecule has 58 heavy (non-hydrogen) atoms. The van der Waals surface area contributed by atoms with Crippen LogP contribution < -0.4 is 20.7 Å². The molecule has 0 spiro atoms. The fourth-order valence-electron chi connectivity index (χ4n) is 10.2. The van der Waals surface area contributed by atoms with Gasteiger partial charge >= 0.3 is 0 Å². The average Bonchev–Trinajstić information content (AvgIpc) is 3.96. The van der Waals surface area contributed by atoms with Crippen molar-refractivity contribution in [1.29, 1.82) is 0 Å². The van der Waals surface area contributed by atoms with Crippen molar-refractivity contribution in [3.8, 4) is 16.8 Å². The first-order valence-corrected chi connectivity index (χ1v) is 22.9. The van der Waals surface area contributed by atoms with E-state index in [2.05, 4.69) is 223 Å². The minimum Gasteiger partial charge on any atom is -0.309 e. The maximum Gasteiger partial charge on any atom is 0.181 e. The van der Waals surface area contributed by atoms with Crippen LogP contribution in [0.1, 0.15) is 22.6 Å². The molecule has 12 rings (SSSR count). The second-order valence-electron chi connectivity index (χ2n) is 15.5. The fourth-order valence-corrected chi connectivity index (χ4v) is 16.8. The van der Waals surface area contributed by atoms with Gasteiger partial charge in [-0.25, -0.2) is 0 Å². The summed E-state index contributed by atoms with van der Waals surface area (Å²) in [6, 6.07) is 82.2. The van der Waals surface area contributed by atoms with Gasteiger partial charge in [0, 0.05) is 42.6 Å². The SMILES string of the molecule is c1ccc([Si](c2ccccc2)(c2cccc(-n3c4ccccc4c4cc(C5c6ccccc6-c6ccccc65)ccc43)c2)c2cccc3c2sc2ccccc23)cc1. The Bertz CT molecular complexity index is 3270. The Labute approximate surface area is 342 Å². The summed E-state index contributed by atoms with van der Waals surface area (Å²) in [5.74, 6) is 0.196. The zero-order chi connectivity index (χ0) is 38.2. The summed E-state index contributed by atoms with van der Waals surface area (Å²) < 4.78 is 5.22. The Morgan fingerprint density at radius 1 is 0.397 bits per heavy atom. The van der Waals surface area contributed by atoms with Gasteiger partial charge in [-0.15, -0.1) is 11.3 Å². The third-order valence-electron chi connectivity index (χ3n) is 12.6. The molecule has 0 atom stereocenters. The van der Waals surface area contributed by atoms with Crippen molar-refractivity contribution < 1.29 is 0 Å². The van der Waals surface area contributed by atoms with Gasteiger partial charge in [0.1, 0.15) is 0 Å². The summed E-state index contributed by atoms with van der Waals surface area (Å²) in [7, 11) is -2.90. The van der Waals surface area contributed by atoms with Crippen molar-refractivity contribution in [2.45, 2.75) is 5.92 Å². The van der Waals surface area contributed by atoms with E-state index >= 15 is 0 Å². The van der Waals surface area contributed by atoms with Crippen LogP contribution in [0.25, 0.3) is 58.8 Å². The number of rotatable bonds is 6. The van der Waals surface area contributed by atoms with Crippen LogP contribution in [0, 0.1) is 0 Å². The highest BCUT2D eigenvalue weighted by Crippen LogP contribution is 2.48. The van der Waals surface area contributed by atoms with E-state index in [4.69, 9.17) is 0 Å². The standard InChI is InChI=1S/C55H37NSSi/c1-3-18-39(19-4-1)58(40-20-5-2-6-21-40,53-32-16-29-48-45-26-12-14-31-52(45)57-55(48)53)41-22-15-17-38(36-41)56-50-30-13-11-25-44(50)49-35-37(33-34-51(49)56)54-46-27-9-7-23-42(46)43-24-8-10-28-47(43)54/h1-36,54H. The van der Waals surface area contributed by atoms with Gasteiger partial charge in [-0.05, 0) is 85.0 Å². The van der Waals surface area contributed by atoms with Crippen molar-refractivity contribution in [1.82, 2.24) is 4.57 Å². The van der Waals surface area contributed by atoms with Crippen molar-refractivity contribution in [2.24, 2.45) is 0 Å². The molecule has 0 bridgehead atoms. The molecule has 0 saturated carbocycles. The first kappa shape index (κ1) is 33.4. The molecule has 1 aliphatic carbocycles. The molecule has 0 N–H and O–H groups in total. The number of thiophene rings is 1. The zero-order valence-electron chi connectivity index (χ0n) is 31.7. The second-order valence-corrected chi connectivity index (χ2v) is 20.4. The van der Waals surface area contributed by atoms with E-state index in [0.29, 0.717) is 0 Å². The lowest BCUT2D eigenvalue weighted by Gasteiger charge is -2.35. The Morgan fingerprint density at radius 2 is 0.966 bits per heavy atom. The molecule has 1 nitrogen and oxygen atoms in total. The Morgan fingerprint density at radius 3 is 1.71 bits per heavy atom. The number of benzene rings is 9. The Kier molecular flexibility index (Phi) is 7.56. The minimum atomic E-state index is -2.90. The van der Waals surface area contributed by atoms with Gasteiger partial charge in [0.25, 0.3) is 0 Å². The van der Waals surface area contributed by atoms with E-state index in [-0.39, 0.29) is 5.92 Å². The fraction of sp³-hybridized carbons (Fsp3) is 0.0182. The number of para-hydroxylation sites is 1. The van der Waals surface area contributed by atoms with Crippen LogP contribution in [0.2, 0.25) is 0 Å². The third kappa shape index (κ3) is 4.81. The predicted octanol–water partition coefficient (Wildman–Crippen LogP) is 11.7. The largest absolute Gasteiger partial charge is 0.309 e. The molecule has 0 aliphatic heterocycles. The van der Waals surface area contributed by atoms with Crippen LogP contribution >= 0.6 is 11.3 Å². The summed E-state index contributed by atoms with van der Waals surface area (Å²) in [6.45, 7) is 0. The number of hydrogen-bond acceptors (Lipinski definition) is 1. The van der Waals surface area contributed by atoms with E-state index in [1.807, 2.05) is 11.3 Å². The number of nitrogens with zero attached hydrogens (tertiary/aromatic N) is 1. The lowest BCUT2D eigenvalue weighted by atomic mass is 9.88. The molecule has 0 amide bonds. The molecule has 9 aromatic carbocycles. The van der Waals surface area contributed by atoms with Crippen LogP contribution in [0.5, 0.6) is 0 Å². The summed E-state index contributed by atoms with van der Waals surface area (Å²) in [4.78, 5) is 0. The van der Waals surface area contributed by atoms with Gasteiger partial charge in [0.05, 0.1) is 11.0 Å². The smallest absolute Gasteiger partial charge is 0.181 e. The van der Waals surface area contributed by atoms with Crippen molar-refractivity contribution in [3.63, 3.8) is 0 Å². The predicted molar refractivity (Wildman–Crippen MR) is 250 cm³/mol. The topological polar surface area (TPSA) is 4.93 Å². The van der Waals surface area contributed by atoms with Crippen LogP contribution in [-0.2, 0) is 0 Å². The summed E-state index contributed by atoms with van der Waals surface area (Å²) in [5.41, 5.74) is 10.4. The van der Waals surface area contributed by atoms with Crippen LogP contribution in [0.3, 0.4) is 0 Å². The highest BCUT2D eigenvalue weighted by atomic mass is 32.1. The molecule has 0 fully saturated rings. The van der Waals surface area contributed by atoms with Crippen LogP contribution in [0.4, 0.5) is 0 Å². The van der Waals surface area contributed by atoms with E-state index in [0.717, 1.165) is 0 Å². The molecular weight excluding hydrogens is 735 g/mol. The van der Waals surface area contributed by atoms with E-state index in [1.165, 1.54) is 96.2 Å². The minimum absolute atomic E-state index is 0.196. The van der Waals surface area contributed by atoms with Crippen LogP contribution in [-0.4, -0.2) is 12.6 Å². The van der Waals surface area contributed by atoms with E-state index < -0.39 is 8.07 Å². The maximum atomic E-state index is 2.52. The van der Waals surface area contributed by atoms with Crippen molar-refractivity contribution in [2.75, 3.05) is 0 Å². The highest BCUT2D eigenvalue weighted by molar-refractivity contribution is 7.30. The second kappa shape index (κ2) is 13.1. The molecular formula is C55H37NSSi. The van der Waals surface area contributed by atoms with Gasteiger partial charge in [-0.2, -0.15) is 0 Å². The number of fused-ring (bicyclic) bond motifs is 9. The summed E-state index contributed by atoms with van der Waals surface area (Å²) >= 11 is 1.94. The molecule has 0 radical (unpaired) electrons. The molecule has 3 heteroatoms. The monoisotopic (exact) mass is 771 g/mol. The average molecular weight is 772 g/mol. The van der Waals surface area contributed by atoms with Gasteiger partial charge in [0.15, 0.2) is 8.07 Å². The Hall–Kier alpha value is -6.78. The summed E-state index contributed by atoms with van der Waals surface area (Å²) in [6.07, 6.45) is 0. The quantitative estimate of drug-likeness (QED) is 0.117.